The summed E-state index contributed by atoms with van der Waals surface area (Å²) in [6.45, 7) is 3.98. The summed E-state index contributed by atoms with van der Waals surface area (Å²) in [5.41, 5.74) is 6.95. The van der Waals surface area contributed by atoms with E-state index in [9.17, 15) is 4.79 Å². The SMILES string of the molecule is CC(C)c1cc(C(=O)Nc2cnccn2)cc(N)n1. The van der Waals surface area contributed by atoms with E-state index in [0.29, 0.717) is 17.2 Å². The normalized spacial score (nSPS) is 10.5. The lowest BCUT2D eigenvalue weighted by molar-refractivity contribution is 0.102. The number of anilines is 2. The maximum absolute atomic E-state index is 12.1. The molecule has 0 spiro atoms. The Hall–Kier alpha value is -2.50. The number of rotatable bonds is 3. The molecule has 2 heterocycles. The summed E-state index contributed by atoms with van der Waals surface area (Å²) in [4.78, 5) is 24.1. The van der Waals surface area contributed by atoms with Crippen molar-refractivity contribution < 1.29 is 4.79 Å². The number of carbonyl (C=O) groups is 1. The number of amides is 1. The van der Waals surface area contributed by atoms with Gasteiger partial charge < -0.3 is 11.1 Å². The molecular formula is C13H15N5O. The number of nitrogens with one attached hydrogen (secondary N) is 1. The van der Waals surface area contributed by atoms with Crippen molar-refractivity contribution in [1.29, 1.82) is 0 Å². The van der Waals surface area contributed by atoms with E-state index >= 15 is 0 Å². The molecule has 0 aromatic carbocycles. The Morgan fingerprint density at radius 2 is 2.11 bits per heavy atom. The molecule has 2 rings (SSSR count). The zero-order valence-electron chi connectivity index (χ0n) is 10.8. The molecule has 0 atom stereocenters. The van der Waals surface area contributed by atoms with Gasteiger partial charge in [0.1, 0.15) is 5.82 Å². The van der Waals surface area contributed by atoms with Crippen LogP contribution in [-0.2, 0) is 0 Å². The van der Waals surface area contributed by atoms with Crippen LogP contribution in [0.5, 0.6) is 0 Å². The van der Waals surface area contributed by atoms with Crippen LogP contribution in [0.25, 0.3) is 0 Å². The zero-order valence-corrected chi connectivity index (χ0v) is 10.8. The number of hydrogen-bond acceptors (Lipinski definition) is 5. The van der Waals surface area contributed by atoms with Crippen molar-refractivity contribution in [2.75, 3.05) is 11.1 Å². The number of aromatic nitrogens is 3. The van der Waals surface area contributed by atoms with Crippen molar-refractivity contribution in [2.24, 2.45) is 0 Å². The molecule has 0 aliphatic carbocycles. The van der Waals surface area contributed by atoms with Crippen LogP contribution in [0.3, 0.4) is 0 Å². The average Bonchev–Trinajstić information content (AvgIpc) is 2.39. The summed E-state index contributed by atoms with van der Waals surface area (Å²) in [7, 11) is 0. The van der Waals surface area contributed by atoms with Crippen molar-refractivity contribution in [3.63, 3.8) is 0 Å². The van der Waals surface area contributed by atoms with Crippen molar-refractivity contribution >= 4 is 17.5 Å². The van der Waals surface area contributed by atoms with Crippen LogP contribution in [0, 0.1) is 0 Å². The molecule has 6 heteroatoms. The predicted octanol–water partition coefficient (Wildman–Crippen LogP) is 1.83. The van der Waals surface area contributed by atoms with Gasteiger partial charge in [0.05, 0.1) is 6.20 Å². The summed E-state index contributed by atoms with van der Waals surface area (Å²) < 4.78 is 0. The fourth-order valence-electron chi connectivity index (χ4n) is 1.55. The minimum Gasteiger partial charge on any atom is -0.384 e. The predicted molar refractivity (Wildman–Crippen MR) is 72.7 cm³/mol. The standard InChI is InChI=1S/C13H15N5O/c1-8(2)10-5-9(6-11(14)17-10)13(19)18-12-7-15-3-4-16-12/h3-8H,1-2H3,(H2,14,17)(H,16,18,19). The van der Waals surface area contributed by atoms with Gasteiger partial charge in [-0.3, -0.25) is 9.78 Å². The molecule has 19 heavy (non-hydrogen) atoms. The Kier molecular flexibility index (Phi) is 3.70. The van der Waals surface area contributed by atoms with E-state index in [1.54, 1.807) is 6.07 Å². The number of pyridine rings is 1. The van der Waals surface area contributed by atoms with Gasteiger partial charge in [0, 0.05) is 23.7 Å². The summed E-state index contributed by atoms with van der Waals surface area (Å²) >= 11 is 0. The fraction of sp³-hybridized carbons (Fsp3) is 0.231. The molecule has 1 amide bonds. The van der Waals surface area contributed by atoms with Crippen LogP contribution < -0.4 is 11.1 Å². The molecular weight excluding hydrogens is 242 g/mol. The van der Waals surface area contributed by atoms with Gasteiger partial charge in [-0.05, 0) is 18.1 Å². The highest BCUT2D eigenvalue weighted by Gasteiger charge is 2.11. The van der Waals surface area contributed by atoms with Crippen LogP contribution in [0.2, 0.25) is 0 Å². The van der Waals surface area contributed by atoms with Crippen molar-refractivity contribution in [1.82, 2.24) is 15.0 Å². The number of hydrogen-bond donors (Lipinski definition) is 2. The average molecular weight is 257 g/mol. The van der Waals surface area contributed by atoms with Gasteiger partial charge in [0.25, 0.3) is 5.91 Å². The van der Waals surface area contributed by atoms with Crippen molar-refractivity contribution in [2.45, 2.75) is 19.8 Å². The molecule has 0 fully saturated rings. The van der Waals surface area contributed by atoms with Crippen molar-refractivity contribution in [3.05, 3.63) is 42.0 Å². The molecule has 2 aromatic heterocycles. The summed E-state index contributed by atoms with van der Waals surface area (Å²) in [6, 6.07) is 3.27. The Bertz CT molecular complexity index is 583. The lowest BCUT2D eigenvalue weighted by Gasteiger charge is -2.09. The van der Waals surface area contributed by atoms with Crippen LogP contribution in [0.1, 0.15) is 35.8 Å². The first-order valence-corrected chi connectivity index (χ1v) is 5.91. The summed E-state index contributed by atoms with van der Waals surface area (Å²) in [5, 5.41) is 2.66. The van der Waals surface area contributed by atoms with E-state index in [4.69, 9.17) is 5.73 Å². The second kappa shape index (κ2) is 5.43. The van der Waals surface area contributed by atoms with Gasteiger partial charge in [-0.1, -0.05) is 13.8 Å². The molecule has 3 N–H and O–H groups in total. The van der Waals surface area contributed by atoms with Gasteiger partial charge in [-0.15, -0.1) is 0 Å². The number of nitrogen functional groups attached to an aromatic ring is 1. The molecule has 98 valence electrons. The van der Waals surface area contributed by atoms with Gasteiger partial charge in [0.2, 0.25) is 0 Å². The molecule has 0 aliphatic heterocycles. The molecule has 0 aliphatic rings. The molecule has 0 saturated carbocycles. The van der Waals surface area contributed by atoms with E-state index < -0.39 is 0 Å². The highest BCUT2D eigenvalue weighted by molar-refractivity contribution is 6.04. The van der Waals surface area contributed by atoms with E-state index in [2.05, 4.69) is 20.3 Å². The van der Waals surface area contributed by atoms with Gasteiger partial charge >= 0.3 is 0 Å². The Morgan fingerprint density at radius 1 is 1.32 bits per heavy atom. The van der Waals surface area contributed by atoms with Gasteiger partial charge in [-0.2, -0.15) is 0 Å². The molecule has 0 unspecified atom stereocenters. The molecule has 0 radical (unpaired) electrons. The van der Waals surface area contributed by atoms with E-state index in [-0.39, 0.29) is 11.8 Å². The lowest BCUT2D eigenvalue weighted by Crippen LogP contribution is -2.14. The first-order valence-electron chi connectivity index (χ1n) is 5.91. The van der Waals surface area contributed by atoms with Crippen LogP contribution >= 0.6 is 0 Å². The van der Waals surface area contributed by atoms with Crippen LogP contribution in [-0.4, -0.2) is 20.9 Å². The van der Waals surface area contributed by atoms with Crippen LogP contribution in [0.15, 0.2) is 30.7 Å². The highest BCUT2D eigenvalue weighted by atomic mass is 16.1. The minimum atomic E-state index is -0.281. The van der Waals surface area contributed by atoms with Gasteiger partial charge in [-0.25, -0.2) is 9.97 Å². The third-order valence-electron chi connectivity index (χ3n) is 2.52. The van der Waals surface area contributed by atoms with E-state index in [1.807, 2.05) is 13.8 Å². The fourth-order valence-corrected chi connectivity index (χ4v) is 1.55. The topological polar surface area (TPSA) is 93.8 Å². The second-order valence-corrected chi connectivity index (χ2v) is 4.41. The molecule has 2 aromatic rings. The highest BCUT2D eigenvalue weighted by Crippen LogP contribution is 2.16. The monoisotopic (exact) mass is 257 g/mol. The Labute approximate surface area is 111 Å². The van der Waals surface area contributed by atoms with Crippen molar-refractivity contribution in [3.8, 4) is 0 Å². The Morgan fingerprint density at radius 3 is 2.74 bits per heavy atom. The van der Waals surface area contributed by atoms with E-state index in [1.165, 1.54) is 24.7 Å². The first kappa shape index (κ1) is 12.9. The number of nitrogens with zero attached hydrogens (tertiary/aromatic N) is 3. The smallest absolute Gasteiger partial charge is 0.257 e. The second-order valence-electron chi connectivity index (χ2n) is 4.41. The number of carbonyl (C=O) groups excluding carboxylic acids is 1. The third-order valence-corrected chi connectivity index (χ3v) is 2.52. The number of nitrogens with two attached hydrogens (primary N) is 1. The van der Waals surface area contributed by atoms with Gasteiger partial charge in [0.15, 0.2) is 5.82 Å². The molecule has 0 bridgehead atoms. The Balaban J connectivity index is 2.24. The minimum absolute atomic E-state index is 0.201. The maximum Gasteiger partial charge on any atom is 0.257 e. The third kappa shape index (κ3) is 3.25. The quantitative estimate of drug-likeness (QED) is 0.874. The van der Waals surface area contributed by atoms with E-state index in [0.717, 1.165) is 5.69 Å². The largest absolute Gasteiger partial charge is 0.384 e. The zero-order chi connectivity index (χ0) is 13.8. The molecule has 6 nitrogen and oxygen atoms in total. The molecule has 0 saturated heterocycles. The van der Waals surface area contributed by atoms with Crippen LogP contribution in [0.4, 0.5) is 11.6 Å². The summed E-state index contributed by atoms with van der Waals surface area (Å²) in [5.74, 6) is 0.646. The lowest BCUT2D eigenvalue weighted by atomic mass is 10.1. The summed E-state index contributed by atoms with van der Waals surface area (Å²) in [6.07, 6.45) is 4.53. The maximum atomic E-state index is 12.1. The first-order chi connectivity index (χ1) is 9.06.